The number of hydrogen-bond donors (Lipinski definition) is 3. The van der Waals surface area contributed by atoms with Crippen molar-refractivity contribution in [2.45, 2.75) is 11.4 Å². The molecule has 0 atom stereocenters. The smallest absolute Gasteiger partial charge is 0.323 e. The van der Waals surface area contributed by atoms with E-state index in [9.17, 15) is 9.59 Å². The Bertz CT molecular complexity index is 1270. The Morgan fingerprint density at radius 1 is 1.10 bits per heavy atom. The number of H-pyrrole nitrogens is 1. The van der Waals surface area contributed by atoms with Crippen LogP contribution in [0.15, 0.2) is 78.1 Å². The first-order chi connectivity index (χ1) is 15.2. The van der Waals surface area contributed by atoms with Crippen LogP contribution in [0.25, 0.3) is 10.9 Å². The second kappa shape index (κ2) is 8.16. The van der Waals surface area contributed by atoms with Crippen LogP contribution in [-0.4, -0.2) is 27.7 Å². The van der Waals surface area contributed by atoms with Crippen molar-refractivity contribution < 1.29 is 9.59 Å². The molecule has 0 aliphatic carbocycles. The molecule has 3 amide bonds. The molecule has 0 saturated carbocycles. The fraction of sp³-hybridized carbons (Fsp3) is 0.0870. The van der Waals surface area contributed by atoms with Crippen LogP contribution in [0.3, 0.4) is 0 Å². The number of amides is 3. The minimum Gasteiger partial charge on any atom is -0.359 e. The highest BCUT2D eigenvalue weighted by Crippen LogP contribution is 2.38. The van der Waals surface area contributed by atoms with Gasteiger partial charge in [-0.25, -0.2) is 4.79 Å². The summed E-state index contributed by atoms with van der Waals surface area (Å²) in [7, 11) is 0. The third-order valence-electron chi connectivity index (χ3n) is 5.09. The molecule has 1 aliphatic heterocycles. The molecule has 2 aromatic heterocycles. The summed E-state index contributed by atoms with van der Waals surface area (Å²) in [5.74, 6) is 0.432. The molecule has 0 radical (unpaired) electrons. The Hall–Kier alpha value is -3.78. The number of thioether (sulfide) groups is 1. The largest absolute Gasteiger partial charge is 0.359 e. The van der Waals surface area contributed by atoms with Crippen molar-refractivity contribution >= 4 is 51.7 Å². The Kier molecular flexibility index (Phi) is 5.05. The van der Waals surface area contributed by atoms with Crippen LogP contribution >= 0.6 is 11.8 Å². The first-order valence-electron chi connectivity index (χ1n) is 9.77. The minimum absolute atomic E-state index is 0.0368. The number of rotatable bonds is 4. The van der Waals surface area contributed by atoms with Crippen LogP contribution in [0.2, 0.25) is 0 Å². The van der Waals surface area contributed by atoms with Crippen molar-refractivity contribution in [3.8, 4) is 0 Å². The van der Waals surface area contributed by atoms with E-state index in [1.165, 1.54) is 11.8 Å². The van der Waals surface area contributed by atoms with Gasteiger partial charge in [0.05, 0.1) is 23.7 Å². The van der Waals surface area contributed by atoms with Gasteiger partial charge in [0.2, 0.25) is 5.91 Å². The number of carbonyl (C=O) groups is 2. The van der Waals surface area contributed by atoms with E-state index in [2.05, 4.69) is 20.6 Å². The molecular formula is C23H19N5O2S. The molecule has 31 heavy (non-hydrogen) atoms. The summed E-state index contributed by atoms with van der Waals surface area (Å²) in [5.41, 5.74) is 4.07. The van der Waals surface area contributed by atoms with Crippen molar-refractivity contribution in [1.29, 1.82) is 0 Å². The minimum atomic E-state index is -0.347. The number of anilines is 3. The van der Waals surface area contributed by atoms with Gasteiger partial charge in [0.25, 0.3) is 0 Å². The second-order valence-corrected chi connectivity index (χ2v) is 8.15. The highest BCUT2D eigenvalue weighted by Gasteiger charge is 2.25. The number of urea groups is 1. The quantitative estimate of drug-likeness (QED) is 0.433. The lowest BCUT2D eigenvalue weighted by Crippen LogP contribution is -2.34. The van der Waals surface area contributed by atoms with Crippen LogP contribution in [0, 0.1) is 0 Å². The lowest BCUT2D eigenvalue weighted by molar-refractivity contribution is -0.116. The Morgan fingerprint density at radius 2 is 1.94 bits per heavy atom. The highest BCUT2D eigenvalue weighted by atomic mass is 32.2. The summed E-state index contributed by atoms with van der Waals surface area (Å²) in [6.45, 7) is 0.458. The number of aromatic nitrogens is 2. The van der Waals surface area contributed by atoms with E-state index in [4.69, 9.17) is 0 Å². The molecule has 0 bridgehead atoms. The summed E-state index contributed by atoms with van der Waals surface area (Å²) in [6, 6.07) is 16.8. The zero-order valence-corrected chi connectivity index (χ0v) is 17.3. The molecule has 1 aliphatic rings. The Labute approximate surface area is 182 Å². The van der Waals surface area contributed by atoms with E-state index >= 15 is 0 Å². The molecule has 3 heterocycles. The van der Waals surface area contributed by atoms with Crippen molar-refractivity contribution in [3.05, 3.63) is 78.8 Å². The molecule has 0 unspecified atom stereocenters. The SMILES string of the molecule is O=C(Nc1ccc2c(c1)N(Cc1ccncc1)C(=O)CS2)Nc1c[nH]c2ccccc12. The molecule has 7 nitrogen and oxygen atoms in total. The monoisotopic (exact) mass is 429 g/mol. The van der Waals surface area contributed by atoms with Crippen molar-refractivity contribution in [1.82, 2.24) is 9.97 Å². The molecule has 3 N–H and O–H groups in total. The van der Waals surface area contributed by atoms with Gasteiger partial charge in [0.1, 0.15) is 0 Å². The molecule has 8 heteroatoms. The molecule has 4 aromatic rings. The third-order valence-corrected chi connectivity index (χ3v) is 6.13. The van der Waals surface area contributed by atoms with E-state index in [0.717, 1.165) is 27.0 Å². The molecule has 154 valence electrons. The van der Waals surface area contributed by atoms with Crippen LogP contribution < -0.4 is 15.5 Å². The van der Waals surface area contributed by atoms with Gasteiger partial charge in [-0.15, -0.1) is 11.8 Å². The van der Waals surface area contributed by atoms with Gasteiger partial charge in [-0.3, -0.25) is 9.78 Å². The van der Waals surface area contributed by atoms with Crippen molar-refractivity contribution in [3.63, 3.8) is 0 Å². The van der Waals surface area contributed by atoms with E-state index in [1.54, 1.807) is 23.5 Å². The van der Waals surface area contributed by atoms with Gasteiger partial charge in [-0.1, -0.05) is 18.2 Å². The van der Waals surface area contributed by atoms with Crippen LogP contribution in [0.4, 0.5) is 21.9 Å². The Morgan fingerprint density at radius 3 is 2.81 bits per heavy atom. The van der Waals surface area contributed by atoms with Crippen molar-refractivity contribution in [2.75, 3.05) is 21.3 Å². The predicted molar refractivity (Wildman–Crippen MR) is 124 cm³/mol. The van der Waals surface area contributed by atoms with Crippen LogP contribution in [0.5, 0.6) is 0 Å². The standard InChI is InChI=1S/C23H19N5O2S/c29-22-14-31-21-6-5-16(11-20(21)28(22)13-15-7-9-24-10-8-15)26-23(30)27-19-12-25-18-4-2-1-3-17(18)19/h1-12,25H,13-14H2,(H2,26,27,30). The Balaban J connectivity index is 1.36. The molecule has 5 rings (SSSR count). The number of nitrogens with zero attached hydrogens (tertiary/aromatic N) is 2. The molecule has 0 spiro atoms. The van der Waals surface area contributed by atoms with Crippen LogP contribution in [0.1, 0.15) is 5.56 Å². The maximum Gasteiger partial charge on any atom is 0.323 e. The summed E-state index contributed by atoms with van der Waals surface area (Å²) in [6.07, 6.45) is 5.20. The molecule has 2 aromatic carbocycles. The lowest BCUT2D eigenvalue weighted by Gasteiger charge is -2.29. The van der Waals surface area contributed by atoms with Gasteiger partial charge in [-0.05, 0) is 42.0 Å². The fourth-order valence-corrected chi connectivity index (χ4v) is 4.50. The first kappa shape index (κ1) is 19.2. The van der Waals surface area contributed by atoms with Gasteiger partial charge < -0.3 is 20.5 Å². The van der Waals surface area contributed by atoms with Gasteiger partial charge in [0.15, 0.2) is 0 Å². The number of benzene rings is 2. The average Bonchev–Trinajstić information content (AvgIpc) is 3.19. The second-order valence-electron chi connectivity index (χ2n) is 7.13. The normalized spacial score (nSPS) is 13.2. The van der Waals surface area contributed by atoms with Gasteiger partial charge in [-0.2, -0.15) is 0 Å². The fourth-order valence-electron chi connectivity index (χ4n) is 3.58. The third kappa shape index (κ3) is 3.97. The average molecular weight is 430 g/mol. The summed E-state index contributed by atoms with van der Waals surface area (Å²) >= 11 is 1.51. The van der Waals surface area contributed by atoms with E-state index in [-0.39, 0.29) is 11.9 Å². The number of pyridine rings is 1. The number of fused-ring (bicyclic) bond motifs is 2. The van der Waals surface area contributed by atoms with Crippen LogP contribution in [-0.2, 0) is 11.3 Å². The maximum atomic E-state index is 12.6. The van der Waals surface area contributed by atoms with Crippen molar-refractivity contribution in [2.24, 2.45) is 0 Å². The van der Waals surface area contributed by atoms with E-state index < -0.39 is 0 Å². The maximum absolute atomic E-state index is 12.6. The lowest BCUT2D eigenvalue weighted by atomic mass is 10.2. The zero-order valence-electron chi connectivity index (χ0n) is 16.5. The zero-order chi connectivity index (χ0) is 21.2. The number of aromatic amines is 1. The first-order valence-corrected chi connectivity index (χ1v) is 10.8. The molecule has 0 fully saturated rings. The van der Waals surface area contributed by atoms with E-state index in [0.29, 0.717) is 23.7 Å². The molecular weight excluding hydrogens is 410 g/mol. The number of nitrogens with one attached hydrogen (secondary N) is 3. The number of hydrogen-bond acceptors (Lipinski definition) is 4. The summed E-state index contributed by atoms with van der Waals surface area (Å²) < 4.78 is 0. The predicted octanol–water partition coefficient (Wildman–Crippen LogP) is 4.85. The topological polar surface area (TPSA) is 90.1 Å². The molecule has 0 saturated heterocycles. The van der Waals surface area contributed by atoms with Gasteiger partial charge >= 0.3 is 6.03 Å². The summed E-state index contributed by atoms with van der Waals surface area (Å²) in [5, 5.41) is 6.69. The number of para-hydroxylation sites is 1. The number of carbonyl (C=O) groups excluding carboxylic acids is 2. The van der Waals surface area contributed by atoms with Gasteiger partial charge in [0, 0.05) is 40.1 Å². The summed E-state index contributed by atoms with van der Waals surface area (Å²) in [4.78, 5) is 35.2. The van der Waals surface area contributed by atoms with E-state index in [1.807, 2.05) is 54.6 Å². The highest BCUT2D eigenvalue weighted by molar-refractivity contribution is 8.00.